The van der Waals surface area contributed by atoms with E-state index in [0.29, 0.717) is 5.15 Å². The molecule has 1 heterocycles. The van der Waals surface area contributed by atoms with Crippen LogP contribution in [-0.2, 0) is 6.42 Å². The second-order valence-electron chi connectivity index (χ2n) is 3.52. The number of benzene rings is 1. The molecular formula is C14H10Cl2N. The number of nitrogens with zero attached hydrogens (tertiary/aromatic N) is 1. The minimum atomic E-state index is 0.508. The van der Waals surface area contributed by atoms with Crippen molar-refractivity contribution in [3.8, 4) is 0 Å². The van der Waals surface area contributed by atoms with Crippen LogP contribution in [0, 0.1) is 6.07 Å². The second kappa shape index (κ2) is 5.85. The van der Waals surface area contributed by atoms with Crippen LogP contribution in [0.25, 0.3) is 6.08 Å². The van der Waals surface area contributed by atoms with Gasteiger partial charge < -0.3 is 0 Å². The maximum absolute atomic E-state index is 5.93. The van der Waals surface area contributed by atoms with E-state index in [2.05, 4.69) is 11.1 Å². The van der Waals surface area contributed by atoms with E-state index >= 15 is 0 Å². The Hall–Kier alpha value is -1.31. The van der Waals surface area contributed by atoms with Gasteiger partial charge in [-0.3, -0.25) is 0 Å². The highest BCUT2D eigenvalue weighted by molar-refractivity contribution is 6.30. The SMILES string of the molecule is Clc1ccc(C=CCc2[c]ccnc2Cl)cc1. The molecule has 1 aromatic heterocycles. The van der Waals surface area contributed by atoms with Gasteiger partial charge in [-0.1, -0.05) is 47.5 Å². The largest absolute Gasteiger partial charge is 0.244 e. The first-order chi connectivity index (χ1) is 8.25. The zero-order valence-electron chi connectivity index (χ0n) is 9.03. The van der Waals surface area contributed by atoms with E-state index in [1.165, 1.54) is 0 Å². The number of hydrogen-bond acceptors (Lipinski definition) is 1. The van der Waals surface area contributed by atoms with Gasteiger partial charge in [0.05, 0.1) is 0 Å². The van der Waals surface area contributed by atoms with Gasteiger partial charge in [-0.2, -0.15) is 0 Å². The topological polar surface area (TPSA) is 12.9 Å². The first-order valence-corrected chi connectivity index (χ1v) is 5.94. The van der Waals surface area contributed by atoms with E-state index < -0.39 is 0 Å². The molecule has 0 atom stereocenters. The molecule has 2 aromatic rings. The number of pyridine rings is 1. The molecule has 0 unspecified atom stereocenters. The van der Waals surface area contributed by atoms with Gasteiger partial charge in [0, 0.05) is 16.8 Å². The van der Waals surface area contributed by atoms with Crippen LogP contribution in [-0.4, -0.2) is 4.98 Å². The fourth-order valence-electron chi connectivity index (χ4n) is 1.41. The lowest BCUT2D eigenvalue weighted by Crippen LogP contribution is -1.85. The molecule has 0 saturated carbocycles. The monoisotopic (exact) mass is 262 g/mol. The Morgan fingerprint density at radius 1 is 1.18 bits per heavy atom. The van der Waals surface area contributed by atoms with Crippen LogP contribution >= 0.6 is 23.2 Å². The third-order valence-electron chi connectivity index (χ3n) is 2.27. The van der Waals surface area contributed by atoms with Crippen molar-refractivity contribution in [2.24, 2.45) is 0 Å². The Kier molecular flexibility index (Phi) is 4.18. The molecule has 0 bridgehead atoms. The fraction of sp³-hybridized carbons (Fsp3) is 0.0714. The van der Waals surface area contributed by atoms with E-state index in [9.17, 15) is 0 Å². The number of halogens is 2. The minimum Gasteiger partial charge on any atom is -0.244 e. The summed E-state index contributed by atoms with van der Waals surface area (Å²) in [6.07, 6.45) is 6.40. The highest BCUT2D eigenvalue weighted by Gasteiger charge is 1.97. The third kappa shape index (κ3) is 3.58. The second-order valence-corrected chi connectivity index (χ2v) is 4.31. The van der Waals surface area contributed by atoms with Gasteiger partial charge in [0.15, 0.2) is 0 Å². The van der Waals surface area contributed by atoms with Crippen molar-refractivity contribution in [3.63, 3.8) is 0 Å². The maximum atomic E-state index is 5.93. The highest BCUT2D eigenvalue weighted by atomic mass is 35.5. The number of allylic oxidation sites excluding steroid dienone is 1. The molecule has 0 fully saturated rings. The zero-order valence-corrected chi connectivity index (χ0v) is 10.5. The molecule has 1 aromatic carbocycles. The Bertz CT molecular complexity index is 518. The summed E-state index contributed by atoms with van der Waals surface area (Å²) in [5.41, 5.74) is 2.01. The molecule has 0 aliphatic rings. The van der Waals surface area contributed by atoms with Crippen molar-refractivity contribution in [3.05, 3.63) is 70.0 Å². The molecule has 0 N–H and O–H groups in total. The quantitative estimate of drug-likeness (QED) is 0.746. The van der Waals surface area contributed by atoms with Crippen LogP contribution in [0.4, 0.5) is 0 Å². The molecule has 0 spiro atoms. The van der Waals surface area contributed by atoms with E-state index in [4.69, 9.17) is 23.2 Å². The lowest BCUT2D eigenvalue weighted by molar-refractivity contribution is 1.19. The fourth-order valence-corrected chi connectivity index (χ4v) is 1.72. The van der Waals surface area contributed by atoms with Gasteiger partial charge in [-0.05, 0) is 36.2 Å². The zero-order chi connectivity index (χ0) is 12.1. The molecular weight excluding hydrogens is 253 g/mol. The van der Waals surface area contributed by atoms with E-state index in [1.54, 1.807) is 12.3 Å². The Morgan fingerprint density at radius 3 is 2.65 bits per heavy atom. The van der Waals surface area contributed by atoms with Crippen molar-refractivity contribution in [1.29, 1.82) is 0 Å². The van der Waals surface area contributed by atoms with Crippen molar-refractivity contribution >= 4 is 29.3 Å². The Balaban J connectivity index is 2.03. The summed E-state index contributed by atoms with van der Waals surface area (Å²) in [6.45, 7) is 0. The average molecular weight is 263 g/mol. The van der Waals surface area contributed by atoms with Gasteiger partial charge in [0.1, 0.15) is 5.15 Å². The van der Waals surface area contributed by atoms with Crippen LogP contribution in [0.5, 0.6) is 0 Å². The van der Waals surface area contributed by atoms with Crippen LogP contribution in [0.15, 0.2) is 42.6 Å². The van der Waals surface area contributed by atoms with Crippen molar-refractivity contribution < 1.29 is 0 Å². The van der Waals surface area contributed by atoms with Crippen LogP contribution in [0.3, 0.4) is 0 Å². The van der Waals surface area contributed by atoms with Crippen LogP contribution in [0.2, 0.25) is 10.2 Å². The molecule has 0 saturated heterocycles. The van der Waals surface area contributed by atoms with Gasteiger partial charge in [-0.15, -0.1) is 0 Å². The van der Waals surface area contributed by atoms with Crippen molar-refractivity contribution in [1.82, 2.24) is 4.98 Å². The summed E-state index contributed by atoms with van der Waals surface area (Å²) >= 11 is 11.7. The summed E-state index contributed by atoms with van der Waals surface area (Å²) in [4.78, 5) is 4.00. The summed E-state index contributed by atoms with van der Waals surface area (Å²) in [6, 6.07) is 12.5. The Labute approximate surface area is 111 Å². The smallest absolute Gasteiger partial charge is 0.133 e. The number of hydrogen-bond donors (Lipinski definition) is 0. The average Bonchev–Trinajstić information content (AvgIpc) is 2.34. The highest BCUT2D eigenvalue weighted by Crippen LogP contribution is 2.14. The molecule has 3 heteroatoms. The minimum absolute atomic E-state index is 0.508. The standard InChI is InChI=1S/C14H10Cl2N/c15-13-8-6-11(7-9-13)3-1-4-12-5-2-10-17-14(12)16/h1-3,6-10H,4H2. The summed E-state index contributed by atoms with van der Waals surface area (Å²) in [7, 11) is 0. The number of rotatable bonds is 3. The van der Waals surface area contributed by atoms with E-state index in [1.807, 2.05) is 36.4 Å². The molecule has 2 rings (SSSR count). The molecule has 0 aliphatic carbocycles. The Morgan fingerprint density at radius 2 is 1.94 bits per heavy atom. The normalized spacial score (nSPS) is 10.9. The first-order valence-electron chi connectivity index (χ1n) is 5.19. The van der Waals surface area contributed by atoms with E-state index in [0.717, 1.165) is 22.6 Å². The molecule has 0 amide bonds. The van der Waals surface area contributed by atoms with E-state index in [-0.39, 0.29) is 0 Å². The van der Waals surface area contributed by atoms with Crippen LogP contribution in [0.1, 0.15) is 11.1 Å². The lowest BCUT2D eigenvalue weighted by atomic mass is 10.1. The summed E-state index contributed by atoms with van der Waals surface area (Å²) in [5, 5.41) is 1.25. The van der Waals surface area contributed by atoms with Crippen molar-refractivity contribution in [2.75, 3.05) is 0 Å². The predicted molar refractivity (Wildman–Crippen MR) is 72.3 cm³/mol. The summed E-state index contributed by atoms with van der Waals surface area (Å²) in [5.74, 6) is 0. The third-order valence-corrected chi connectivity index (χ3v) is 2.85. The first kappa shape index (κ1) is 12.2. The van der Waals surface area contributed by atoms with Gasteiger partial charge >= 0.3 is 0 Å². The number of aromatic nitrogens is 1. The van der Waals surface area contributed by atoms with Gasteiger partial charge in [0.2, 0.25) is 0 Å². The molecule has 17 heavy (non-hydrogen) atoms. The summed E-state index contributed by atoms with van der Waals surface area (Å²) < 4.78 is 0. The predicted octanol–water partition coefficient (Wildman–Crippen LogP) is 4.44. The van der Waals surface area contributed by atoms with Gasteiger partial charge in [0.25, 0.3) is 0 Å². The molecule has 1 radical (unpaired) electrons. The van der Waals surface area contributed by atoms with Crippen molar-refractivity contribution in [2.45, 2.75) is 6.42 Å². The lowest BCUT2D eigenvalue weighted by Gasteiger charge is -1.98. The van der Waals surface area contributed by atoms with Gasteiger partial charge in [-0.25, -0.2) is 4.98 Å². The maximum Gasteiger partial charge on any atom is 0.133 e. The van der Waals surface area contributed by atoms with Crippen LogP contribution < -0.4 is 0 Å². The molecule has 0 aliphatic heterocycles. The molecule has 1 nitrogen and oxygen atoms in total. The molecule has 85 valence electrons.